The van der Waals surface area contributed by atoms with Gasteiger partial charge in [0.1, 0.15) is 24.9 Å². The van der Waals surface area contributed by atoms with E-state index < -0.39 is 17.9 Å². The summed E-state index contributed by atoms with van der Waals surface area (Å²) in [4.78, 5) is 22.6. The summed E-state index contributed by atoms with van der Waals surface area (Å²) >= 11 is 0. The quantitative estimate of drug-likeness (QED) is 0.384. The SMILES string of the molecule is [NH3+]CC[NH2+][C@H](CC(=O)Nc1ccccc1O)C(=O)[O-]. The van der Waals surface area contributed by atoms with E-state index >= 15 is 0 Å². The highest BCUT2D eigenvalue weighted by atomic mass is 16.4. The Balaban J connectivity index is 2.58. The molecular formula is C12H18N3O4+. The van der Waals surface area contributed by atoms with E-state index in [2.05, 4.69) is 11.1 Å². The van der Waals surface area contributed by atoms with Gasteiger partial charge in [0.05, 0.1) is 18.1 Å². The van der Waals surface area contributed by atoms with Crippen LogP contribution in [0.1, 0.15) is 6.42 Å². The van der Waals surface area contributed by atoms with Crippen LogP contribution in [-0.4, -0.2) is 36.1 Å². The van der Waals surface area contributed by atoms with Gasteiger partial charge in [0.15, 0.2) is 0 Å². The van der Waals surface area contributed by atoms with Gasteiger partial charge in [-0.1, -0.05) is 12.1 Å². The lowest BCUT2D eigenvalue weighted by Gasteiger charge is -2.15. The van der Waals surface area contributed by atoms with Crippen LogP contribution in [0, 0.1) is 0 Å². The number of carboxylic acids is 1. The normalized spacial score (nSPS) is 11.8. The van der Waals surface area contributed by atoms with E-state index in [0.717, 1.165) is 0 Å². The maximum Gasteiger partial charge on any atom is 0.230 e. The van der Waals surface area contributed by atoms with E-state index in [4.69, 9.17) is 0 Å². The number of hydrogen-bond donors (Lipinski definition) is 4. The Morgan fingerprint density at radius 1 is 1.42 bits per heavy atom. The number of hydrogen-bond acceptors (Lipinski definition) is 4. The number of quaternary nitrogens is 2. The lowest BCUT2D eigenvalue weighted by Crippen LogP contribution is -2.95. The van der Waals surface area contributed by atoms with E-state index in [-0.39, 0.29) is 17.9 Å². The van der Waals surface area contributed by atoms with E-state index in [9.17, 15) is 19.8 Å². The van der Waals surface area contributed by atoms with Crippen molar-refractivity contribution < 1.29 is 30.9 Å². The minimum atomic E-state index is -1.29. The van der Waals surface area contributed by atoms with Crippen molar-refractivity contribution in [3.05, 3.63) is 24.3 Å². The molecule has 1 aromatic carbocycles. The second kappa shape index (κ2) is 7.34. The molecule has 0 radical (unpaired) electrons. The number of para-hydroxylation sites is 2. The Hall–Kier alpha value is -2.12. The molecule has 0 unspecified atom stereocenters. The summed E-state index contributed by atoms with van der Waals surface area (Å²) in [6.45, 7) is 1.06. The number of aromatic hydroxyl groups is 1. The van der Waals surface area contributed by atoms with Crippen LogP contribution >= 0.6 is 0 Å². The summed E-state index contributed by atoms with van der Waals surface area (Å²) in [5.74, 6) is -1.85. The van der Waals surface area contributed by atoms with Crippen molar-refractivity contribution in [3.63, 3.8) is 0 Å². The number of amides is 1. The monoisotopic (exact) mass is 268 g/mol. The summed E-state index contributed by atoms with van der Waals surface area (Å²) < 4.78 is 0. The number of carboxylic acid groups (broad SMARTS) is 1. The molecule has 1 aromatic rings. The first-order chi connectivity index (χ1) is 9.04. The van der Waals surface area contributed by atoms with Gasteiger partial charge in [-0.25, -0.2) is 0 Å². The molecule has 19 heavy (non-hydrogen) atoms. The summed E-state index contributed by atoms with van der Waals surface area (Å²) in [6.07, 6.45) is -0.226. The van der Waals surface area contributed by atoms with Crippen molar-refractivity contribution >= 4 is 17.6 Å². The van der Waals surface area contributed by atoms with Crippen LogP contribution in [0.2, 0.25) is 0 Å². The largest absolute Gasteiger partial charge is 0.544 e. The average molecular weight is 268 g/mol. The Bertz CT molecular complexity index is 450. The Labute approximate surface area is 110 Å². The van der Waals surface area contributed by atoms with Gasteiger partial charge in [-0.15, -0.1) is 0 Å². The maximum absolute atomic E-state index is 11.7. The number of aliphatic carboxylic acids is 1. The van der Waals surface area contributed by atoms with Gasteiger partial charge in [0, 0.05) is 0 Å². The van der Waals surface area contributed by atoms with Crippen LogP contribution in [0.4, 0.5) is 5.69 Å². The molecular weight excluding hydrogens is 250 g/mol. The van der Waals surface area contributed by atoms with Crippen molar-refractivity contribution in [2.45, 2.75) is 12.5 Å². The molecule has 0 aliphatic heterocycles. The van der Waals surface area contributed by atoms with Gasteiger partial charge in [0.2, 0.25) is 5.91 Å². The molecule has 1 rings (SSSR count). The van der Waals surface area contributed by atoms with E-state index in [0.29, 0.717) is 13.1 Å². The number of nitrogens with one attached hydrogen (secondary N) is 1. The van der Waals surface area contributed by atoms with Gasteiger partial charge in [-0.2, -0.15) is 0 Å². The number of phenolic OH excluding ortho intramolecular Hbond substituents is 1. The van der Waals surface area contributed by atoms with Crippen molar-refractivity contribution in [2.24, 2.45) is 0 Å². The van der Waals surface area contributed by atoms with E-state index in [1.165, 1.54) is 17.4 Å². The van der Waals surface area contributed by atoms with Crippen LogP contribution in [0.5, 0.6) is 5.75 Å². The number of rotatable bonds is 7. The molecule has 0 bridgehead atoms. The van der Waals surface area contributed by atoms with Gasteiger partial charge in [0.25, 0.3) is 0 Å². The predicted octanol–water partition coefficient (Wildman–Crippen LogP) is -3.36. The third kappa shape index (κ3) is 4.94. The first kappa shape index (κ1) is 14.9. The van der Waals surface area contributed by atoms with E-state index in [1.807, 2.05) is 0 Å². The van der Waals surface area contributed by atoms with Crippen LogP contribution in [0.25, 0.3) is 0 Å². The smallest absolute Gasteiger partial charge is 0.230 e. The first-order valence-electron chi connectivity index (χ1n) is 5.96. The Morgan fingerprint density at radius 3 is 2.68 bits per heavy atom. The maximum atomic E-state index is 11.7. The Morgan fingerprint density at radius 2 is 2.11 bits per heavy atom. The minimum absolute atomic E-state index is 0.0670. The van der Waals surface area contributed by atoms with Gasteiger partial charge >= 0.3 is 0 Å². The molecule has 7 nitrogen and oxygen atoms in total. The zero-order valence-corrected chi connectivity index (χ0v) is 10.5. The lowest BCUT2D eigenvalue weighted by molar-refractivity contribution is -0.695. The van der Waals surface area contributed by atoms with Crippen LogP contribution in [0.15, 0.2) is 24.3 Å². The highest BCUT2D eigenvalue weighted by molar-refractivity contribution is 5.94. The topological polar surface area (TPSA) is 134 Å². The predicted molar refractivity (Wildman–Crippen MR) is 64.7 cm³/mol. The number of benzene rings is 1. The van der Waals surface area contributed by atoms with Crippen LogP contribution in [0.3, 0.4) is 0 Å². The highest BCUT2D eigenvalue weighted by Gasteiger charge is 2.18. The summed E-state index contributed by atoms with van der Waals surface area (Å²) in [5.41, 5.74) is 3.85. The number of carbonyl (C=O) groups is 2. The molecule has 0 aliphatic carbocycles. The van der Waals surface area contributed by atoms with Crippen molar-refractivity contribution in [2.75, 3.05) is 18.4 Å². The Kier molecular flexibility index (Phi) is 5.77. The van der Waals surface area contributed by atoms with Gasteiger partial charge in [-0.05, 0) is 12.1 Å². The number of phenols is 1. The molecule has 1 amide bonds. The third-order valence-electron chi connectivity index (χ3n) is 2.54. The molecule has 0 heterocycles. The first-order valence-corrected chi connectivity index (χ1v) is 5.96. The molecule has 0 aromatic heterocycles. The third-order valence-corrected chi connectivity index (χ3v) is 2.54. The fourth-order valence-electron chi connectivity index (χ4n) is 1.56. The van der Waals surface area contributed by atoms with Gasteiger partial charge < -0.3 is 31.4 Å². The van der Waals surface area contributed by atoms with Crippen molar-refractivity contribution in [3.8, 4) is 5.75 Å². The highest BCUT2D eigenvalue weighted by Crippen LogP contribution is 2.21. The zero-order valence-electron chi connectivity index (χ0n) is 10.5. The zero-order chi connectivity index (χ0) is 14.3. The number of nitrogens with two attached hydrogens (primary N) is 1. The molecule has 7 heteroatoms. The fourth-order valence-corrected chi connectivity index (χ4v) is 1.56. The van der Waals surface area contributed by atoms with Crippen LogP contribution in [-0.2, 0) is 9.59 Å². The van der Waals surface area contributed by atoms with Crippen molar-refractivity contribution in [1.29, 1.82) is 0 Å². The summed E-state index contributed by atoms with van der Waals surface area (Å²) in [5, 5.41) is 24.3. The molecule has 0 fully saturated rings. The standard InChI is InChI=1S/C12H17N3O4/c13-5-6-14-9(12(18)19)7-11(17)15-8-3-1-2-4-10(8)16/h1-4,9,14,16H,5-7,13H2,(H,15,17)(H,18,19)/p+1/t9-/m1/s1. The molecule has 0 spiro atoms. The second-order valence-corrected chi connectivity index (χ2v) is 4.07. The molecule has 104 valence electrons. The number of anilines is 1. The second-order valence-electron chi connectivity index (χ2n) is 4.07. The van der Waals surface area contributed by atoms with Crippen LogP contribution < -0.4 is 21.5 Å². The lowest BCUT2D eigenvalue weighted by atomic mass is 10.2. The molecule has 1 atom stereocenters. The molecule has 0 saturated carbocycles. The fraction of sp³-hybridized carbons (Fsp3) is 0.333. The molecule has 7 N–H and O–H groups in total. The van der Waals surface area contributed by atoms with E-state index in [1.54, 1.807) is 12.1 Å². The minimum Gasteiger partial charge on any atom is -0.544 e. The molecule has 0 aliphatic rings. The number of carbonyl (C=O) groups excluding carboxylic acids is 2. The summed E-state index contributed by atoms with van der Waals surface area (Å²) in [7, 11) is 0. The van der Waals surface area contributed by atoms with Crippen molar-refractivity contribution in [1.82, 2.24) is 0 Å². The van der Waals surface area contributed by atoms with Gasteiger partial charge in [-0.3, -0.25) is 4.79 Å². The average Bonchev–Trinajstić information content (AvgIpc) is 2.37. The molecule has 0 saturated heterocycles. The summed E-state index contributed by atoms with van der Waals surface area (Å²) in [6, 6.07) is 5.28.